The summed E-state index contributed by atoms with van der Waals surface area (Å²) in [5.41, 5.74) is -0.888. The number of anilines is 2. The Hall–Kier alpha value is -3.18. The maximum Gasteiger partial charge on any atom is 0.417 e. The lowest BCUT2D eigenvalue weighted by atomic mass is 10.2. The summed E-state index contributed by atoms with van der Waals surface area (Å²) in [6.07, 6.45) is -3.60. The number of nitrogens with zero attached hydrogens (tertiary/aromatic N) is 1. The van der Waals surface area contributed by atoms with Gasteiger partial charge in [0.15, 0.2) is 0 Å². The molecule has 0 saturated heterocycles. The molecule has 2 aromatic carbocycles. The van der Waals surface area contributed by atoms with Crippen LogP contribution in [-0.2, 0) is 11.0 Å². The number of ether oxygens (including phenoxy) is 1. The van der Waals surface area contributed by atoms with E-state index >= 15 is 0 Å². The van der Waals surface area contributed by atoms with E-state index in [-0.39, 0.29) is 11.3 Å². The van der Waals surface area contributed by atoms with Crippen LogP contribution in [-0.4, -0.2) is 12.5 Å². The third kappa shape index (κ3) is 5.66. The fourth-order valence-corrected chi connectivity index (χ4v) is 2.36. The van der Waals surface area contributed by atoms with E-state index in [1.54, 1.807) is 30.3 Å². The third-order valence-electron chi connectivity index (χ3n) is 3.44. The van der Waals surface area contributed by atoms with Crippen LogP contribution in [0.4, 0.5) is 24.5 Å². The van der Waals surface area contributed by atoms with Gasteiger partial charge in [-0.3, -0.25) is 4.79 Å². The maximum absolute atomic E-state index is 12.9. The van der Waals surface area contributed by atoms with Gasteiger partial charge in [0, 0.05) is 17.6 Å². The number of benzene rings is 2. The molecular formula is C19H15ClF3N3O2. The lowest BCUT2D eigenvalue weighted by Crippen LogP contribution is -2.14. The van der Waals surface area contributed by atoms with Crippen molar-refractivity contribution in [2.24, 2.45) is 0 Å². The van der Waals surface area contributed by atoms with Gasteiger partial charge < -0.3 is 15.4 Å². The van der Waals surface area contributed by atoms with E-state index in [0.29, 0.717) is 18.0 Å². The highest BCUT2D eigenvalue weighted by Gasteiger charge is 2.33. The molecule has 2 N–H and O–H groups in total. The van der Waals surface area contributed by atoms with Crippen molar-refractivity contribution in [3.05, 3.63) is 64.8 Å². The average Bonchev–Trinajstić information content (AvgIpc) is 2.64. The van der Waals surface area contributed by atoms with Crippen molar-refractivity contribution >= 4 is 28.9 Å². The highest BCUT2D eigenvalue weighted by atomic mass is 35.5. The maximum atomic E-state index is 12.9. The topological polar surface area (TPSA) is 74.1 Å². The van der Waals surface area contributed by atoms with Crippen molar-refractivity contribution in [1.29, 1.82) is 5.26 Å². The second-order valence-corrected chi connectivity index (χ2v) is 5.83. The number of halogens is 4. The first-order valence-electron chi connectivity index (χ1n) is 8.02. The molecule has 28 heavy (non-hydrogen) atoms. The normalized spacial score (nSPS) is 11.5. The Kier molecular flexibility index (Phi) is 6.90. The van der Waals surface area contributed by atoms with E-state index in [1.807, 2.05) is 6.92 Å². The largest absolute Gasteiger partial charge is 0.494 e. The molecule has 9 heteroatoms. The number of nitrogens with one attached hydrogen (secondary N) is 2. The predicted molar refractivity (Wildman–Crippen MR) is 100 cm³/mol. The summed E-state index contributed by atoms with van der Waals surface area (Å²) in [6, 6.07) is 11.4. The molecule has 2 aromatic rings. The summed E-state index contributed by atoms with van der Waals surface area (Å²) in [4.78, 5) is 12.2. The monoisotopic (exact) mass is 409 g/mol. The minimum atomic E-state index is -4.62. The van der Waals surface area contributed by atoms with Gasteiger partial charge in [0.1, 0.15) is 17.4 Å². The Morgan fingerprint density at radius 3 is 2.43 bits per heavy atom. The molecule has 0 bridgehead atoms. The zero-order valence-corrected chi connectivity index (χ0v) is 15.4. The SMILES string of the molecule is CCOc1ccc(NC(=O)/C(C#N)=C\Nc2ccc(Cl)c(C(F)(F)F)c2)cc1. The summed E-state index contributed by atoms with van der Waals surface area (Å²) in [5, 5.41) is 13.7. The molecule has 1 amide bonds. The van der Waals surface area contributed by atoms with Crippen molar-refractivity contribution in [3.63, 3.8) is 0 Å². The van der Waals surface area contributed by atoms with Crippen LogP contribution in [0.5, 0.6) is 5.75 Å². The molecule has 0 atom stereocenters. The molecule has 5 nitrogen and oxygen atoms in total. The van der Waals surface area contributed by atoms with Gasteiger partial charge in [-0.1, -0.05) is 11.6 Å². The van der Waals surface area contributed by atoms with E-state index in [1.165, 1.54) is 6.07 Å². The summed E-state index contributed by atoms with van der Waals surface area (Å²) in [7, 11) is 0. The van der Waals surface area contributed by atoms with Gasteiger partial charge in [0.05, 0.1) is 17.2 Å². The smallest absolute Gasteiger partial charge is 0.417 e. The fourth-order valence-electron chi connectivity index (χ4n) is 2.14. The van der Waals surface area contributed by atoms with Crippen molar-refractivity contribution in [3.8, 4) is 11.8 Å². The standard InChI is InChI=1S/C19H15ClF3N3O2/c1-2-28-15-6-3-13(4-7-15)26-18(27)12(10-24)11-25-14-5-8-17(20)16(9-14)19(21,22)23/h3-9,11,25H,2H2,1H3,(H,26,27)/b12-11-. The highest BCUT2D eigenvalue weighted by Crippen LogP contribution is 2.36. The minimum Gasteiger partial charge on any atom is -0.494 e. The number of amides is 1. The van der Waals surface area contributed by atoms with Crippen LogP contribution < -0.4 is 15.4 Å². The zero-order valence-electron chi connectivity index (χ0n) is 14.6. The summed E-state index contributed by atoms with van der Waals surface area (Å²) in [5.74, 6) is -0.0920. The van der Waals surface area contributed by atoms with Crippen LogP contribution in [0.25, 0.3) is 0 Å². The molecule has 0 heterocycles. The average molecular weight is 410 g/mol. The molecule has 0 fully saturated rings. The number of hydrogen-bond donors (Lipinski definition) is 2. The molecule has 0 unspecified atom stereocenters. The quantitative estimate of drug-likeness (QED) is 0.507. The molecule has 0 aromatic heterocycles. The summed E-state index contributed by atoms with van der Waals surface area (Å²) < 4.78 is 44.0. The lowest BCUT2D eigenvalue weighted by Gasteiger charge is -2.11. The van der Waals surface area contributed by atoms with E-state index in [0.717, 1.165) is 18.3 Å². The van der Waals surface area contributed by atoms with Crippen LogP contribution in [0, 0.1) is 11.3 Å². The van der Waals surface area contributed by atoms with Crippen LogP contribution in [0.15, 0.2) is 54.2 Å². The molecule has 146 valence electrons. The number of carbonyl (C=O) groups is 1. The van der Waals surface area contributed by atoms with Gasteiger partial charge >= 0.3 is 6.18 Å². The van der Waals surface area contributed by atoms with Crippen LogP contribution in [0.2, 0.25) is 5.02 Å². The number of carbonyl (C=O) groups excluding carboxylic acids is 1. The highest BCUT2D eigenvalue weighted by molar-refractivity contribution is 6.31. The summed E-state index contributed by atoms with van der Waals surface area (Å²) >= 11 is 5.55. The Labute approximate surface area is 164 Å². The molecule has 2 rings (SSSR count). The minimum absolute atomic E-state index is 0.0262. The number of hydrogen-bond acceptors (Lipinski definition) is 4. The number of alkyl halides is 3. The Morgan fingerprint density at radius 1 is 1.21 bits per heavy atom. The van der Waals surface area contributed by atoms with Gasteiger partial charge in [-0.15, -0.1) is 0 Å². The van der Waals surface area contributed by atoms with Crippen molar-refractivity contribution < 1.29 is 22.7 Å². The van der Waals surface area contributed by atoms with Crippen LogP contribution in [0.3, 0.4) is 0 Å². The van der Waals surface area contributed by atoms with Gasteiger partial charge in [-0.25, -0.2) is 0 Å². The predicted octanol–water partition coefficient (Wildman–Crippen LogP) is 5.22. The molecule has 0 spiro atoms. The van der Waals surface area contributed by atoms with Gasteiger partial charge in [0.25, 0.3) is 5.91 Å². The van der Waals surface area contributed by atoms with Crippen molar-refractivity contribution in [2.45, 2.75) is 13.1 Å². The third-order valence-corrected chi connectivity index (χ3v) is 3.77. The van der Waals surface area contributed by atoms with E-state index in [2.05, 4.69) is 10.6 Å². The van der Waals surface area contributed by atoms with E-state index < -0.39 is 22.7 Å². The molecule has 0 aliphatic carbocycles. The first-order chi connectivity index (χ1) is 13.2. The second kappa shape index (κ2) is 9.15. The summed E-state index contributed by atoms with van der Waals surface area (Å²) in [6.45, 7) is 2.34. The number of rotatable bonds is 6. The first-order valence-corrected chi connectivity index (χ1v) is 8.40. The first kappa shape index (κ1) is 21.1. The zero-order chi connectivity index (χ0) is 20.7. The second-order valence-electron chi connectivity index (χ2n) is 5.42. The van der Waals surface area contributed by atoms with Crippen molar-refractivity contribution in [1.82, 2.24) is 0 Å². The van der Waals surface area contributed by atoms with E-state index in [4.69, 9.17) is 21.6 Å². The molecule has 0 aliphatic heterocycles. The Bertz CT molecular complexity index is 920. The van der Waals surface area contributed by atoms with Gasteiger partial charge in [-0.05, 0) is 49.4 Å². The lowest BCUT2D eigenvalue weighted by molar-refractivity contribution is -0.137. The van der Waals surface area contributed by atoms with Crippen molar-refractivity contribution in [2.75, 3.05) is 17.2 Å². The van der Waals surface area contributed by atoms with Crippen LogP contribution >= 0.6 is 11.6 Å². The fraction of sp³-hybridized carbons (Fsp3) is 0.158. The number of nitriles is 1. The molecule has 0 radical (unpaired) electrons. The Morgan fingerprint density at radius 2 is 1.86 bits per heavy atom. The molecule has 0 aliphatic rings. The Balaban J connectivity index is 2.11. The van der Waals surface area contributed by atoms with Gasteiger partial charge in [0.2, 0.25) is 0 Å². The molecular weight excluding hydrogens is 395 g/mol. The van der Waals surface area contributed by atoms with Gasteiger partial charge in [-0.2, -0.15) is 18.4 Å². The van der Waals surface area contributed by atoms with Crippen LogP contribution in [0.1, 0.15) is 12.5 Å². The van der Waals surface area contributed by atoms with E-state index in [9.17, 15) is 18.0 Å². The molecule has 0 saturated carbocycles.